The van der Waals surface area contributed by atoms with Crippen LogP contribution in [0.25, 0.3) is 43.1 Å². The number of ether oxygens (including phenoxy) is 4. The number of amides is 6. The van der Waals surface area contributed by atoms with E-state index >= 15 is 19.2 Å². The van der Waals surface area contributed by atoms with Gasteiger partial charge in [-0.05, 0) is 160 Å². The van der Waals surface area contributed by atoms with Crippen molar-refractivity contribution in [2.75, 3.05) is 26.2 Å². The predicted molar refractivity (Wildman–Crippen MR) is 346 cm³/mol. The first-order valence-corrected chi connectivity index (χ1v) is 30.9. The number of likely N-dealkylation sites (N-methyl/N-ethyl adjacent to an activating group) is 2. The molecule has 2 unspecified atom stereocenters. The van der Waals surface area contributed by atoms with Gasteiger partial charge in [0.2, 0.25) is 11.8 Å². The van der Waals surface area contributed by atoms with E-state index in [1.807, 2.05) is 125 Å². The summed E-state index contributed by atoms with van der Waals surface area (Å²) in [6.07, 6.45) is 0. The van der Waals surface area contributed by atoms with Gasteiger partial charge in [-0.3, -0.25) is 38.6 Å². The van der Waals surface area contributed by atoms with E-state index in [0.29, 0.717) is 81.5 Å². The molecule has 2 atom stereocenters. The van der Waals surface area contributed by atoms with Crippen molar-refractivity contribution in [1.29, 1.82) is 0 Å². The van der Waals surface area contributed by atoms with E-state index in [2.05, 4.69) is 55.4 Å². The fourth-order valence-corrected chi connectivity index (χ4v) is 12.6. The molecule has 0 radical (unpaired) electrons. The Hall–Kier alpha value is -9.30. The zero-order valence-corrected chi connectivity index (χ0v) is 52.7. The Kier molecular flexibility index (Phi) is 16.3. The van der Waals surface area contributed by atoms with Gasteiger partial charge < -0.3 is 28.7 Å². The molecular formula is C74H76N4O10. The minimum absolute atomic E-state index is 0.0817. The van der Waals surface area contributed by atoms with Gasteiger partial charge in [0.25, 0.3) is 23.6 Å². The molecule has 6 amide bonds. The molecular weight excluding hydrogens is 1100 g/mol. The molecule has 0 fully saturated rings. The number of hydrogen-bond donors (Lipinski definition) is 0. The first-order valence-electron chi connectivity index (χ1n) is 30.9. The highest BCUT2D eigenvalue weighted by molar-refractivity contribution is 6.45. The predicted octanol–water partition coefficient (Wildman–Crippen LogP) is 17.1. The summed E-state index contributed by atoms with van der Waals surface area (Å²) in [5, 5.41) is 2.67. The Balaban J connectivity index is 1.39. The SMILES string of the molecule is CCN(CC)C(=O)C(C)N1C(=O)c2cc(Oc3cccc(C(C)C)c3)c3c4c(Oc5cccc(C(C)C)c5)cc5c6c(cc(Oc7cccc(C(C)C)c7)c(c7c(Oc8cccc(C(C)C)c8)cc(c2c37)C1=O)c64)C(=O)N(C(C)C(=O)N(CC)CC)C5=O. The molecule has 11 rings (SSSR count). The molecule has 2 aliphatic rings. The molecule has 0 N–H and O–H groups in total. The smallest absolute Gasteiger partial charge is 0.262 e. The third-order valence-corrected chi connectivity index (χ3v) is 17.6. The number of carbonyl (C=O) groups is 6. The van der Waals surface area contributed by atoms with Crippen molar-refractivity contribution in [2.45, 2.75) is 133 Å². The third-order valence-electron chi connectivity index (χ3n) is 17.6. The number of imide groups is 2. The standard InChI is InChI=1S/C74H76N4O10/c1-15-75(16-2)69(79)43(13)77-71(81)53-35-57(85-49-27-19-23-45(31-49)39(5)6)63-65-59(87-51-29-21-25-47(33-51)41(9)10)37-55-62-56(74(84)78(73(55)83)44(14)70(80)76(17-3)18-4)38-60(88-52-30-22-26-48(34-52)42(11)12)66(68(62)65)64-58(36-54(72(77)82)61(53)67(63)64)86-50-28-20-24-46(32-50)40(7)8/h19-44H,15-18H2,1-14H3. The lowest BCUT2D eigenvalue weighted by Crippen LogP contribution is -2.53. The van der Waals surface area contributed by atoms with Gasteiger partial charge >= 0.3 is 0 Å². The molecule has 0 saturated carbocycles. The van der Waals surface area contributed by atoms with Gasteiger partial charge in [0, 0.05) is 69.3 Å². The lowest BCUT2D eigenvalue weighted by molar-refractivity contribution is -0.135. The van der Waals surface area contributed by atoms with Gasteiger partial charge in [0.1, 0.15) is 58.1 Å². The maximum atomic E-state index is 15.9. The summed E-state index contributed by atoms with van der Waals surface area (Å²) in [4.78, 5) is 97.6. The molecule has 452 valence electrons. The van der Waals surface area contributed by atoms with E-state index in [1.54, 1.807) is 47.9 Å². The molecule has 0 aromatic heterocycles. The summed E-state index contributed by atoms with van der Waals surface area (Å²) in [5.74, 6) is -0.938. The van der Waals surface area contributed by atoms with Crippen LogP contribution in [0.15, 0.2) is 121 Å². The van der Waals surface area contributed by atoms with Gasteiger partial charge in [-0.2, -0.15) is 0 Å². The van der Waals surface area contributed by atoms with Gasteiger partial charge in [0.05, 0.1) is 22.3 Å². The van der Waals surface area contributed by atoms with E-state index in [4.69, 9.17) is 18.9 Å². The molecule has 2 aliphatic heterocycles. The van der Waals surface area contributed by atoms with Crippen molar-refractivity contribution >= 4 is 78.5 Å². The Bertz CT molecular complexity index is 3810. The van der Waals surface area contributed by atoms with Crippen molar-refractivity contribution in [1.82, 2.24) is 19.6 Å². The van der Waals surface area contributed by atoms with Gasteiger partial charge in [-0.25, -0.2) is 0 Å². The number of benzene rings is 9. The maximum Gasteiger partial charge on any atom is 0.262 e. The molecule has 9 aromatic carbocycles. The zero-order chi connectivity index (χ0) is 62.9. The molecule has 0 aliphatic carbocycles. The fourth-order valence-electron chi connectivity index (χ4n) is 12.6. The summed E-state index contributed by atoms with van der Waals surface area (Å²) >= 11 is 0. The highest BCUT2D eigenvalue weighted by Gasteiger charge is 2.45. The van der Waals surface area contributed by atoms with Crippen molar-refractivity contribution in [3.05, 3.63) is 166 Å². The normalized spacial score (nSPS) is 14.0. The van der Waals surface area contributed by atoms with Gasteiger partial charge in [0.15, 0.2) is 0 Å². The summed E-state index contributed by atoms with van der Waals surface area (Å²) < 4.78 is 29.1. The monoisotopic (exact) mass is 1180 g/mol. The van der Waals surface area contributed by atoms with E-state index in [-0.39, 0.29) is 79.7 Å². The minimum Gasteiger partial charge on any atom is -0.457 e. The highest BCUT2D eigenvalue weighted by Crippen LogP contribution is 2.58. The van der Waals surface area contributed by atoms with Gasteiger partial charge in [-0.15, -0.1) is 0 Å². The largest absolute Gasteiger partial charge is 0.457 e. The zero-order valence-electron chi connectivity index (χ0n) is 52.7. The average Bonchev–Trinajstić information content (AvgIpc) is 0.680. The van der Waals surface area contributed by atoms with Crippen molar-refractivity contribution in [3.8, 4) is 46.0 Å². The summed E-state index contributed by atoms with van der Waals surface area (Å²) in [7, 11) is 0. The summed E-state index contributed by atoms with van der Waals surface area (Å²) in [5.41, 5.74) is 4.23. The van der Waals surface area contributed by atoms with E-state index < -0.39 is 47.5 Å². The van der Waals surface area contributed by atoms with Crippen LogP contribution >= 0.6 is 0 Å². The molecule has 88 heavy (non-hydrogen) atoms. The van der Waals surface area contributed by atoms with Crippen LogP contribution in [0.1, 0.15) is 184 Å². The molecule has 9 aromatic rings. The first kappa shape index (κ1) is 60.4. The van der Waals surface area contributed by atoms with E-state index in [9.17, 15) is 9.59 Å². The van der Waals surface area contributed by atoms with Crippen LogP contribution < -0.4 is 18.9 Å². The molecule has 0 bridgehead atoms. The minimum atomic E-state index is -1.23. The number of hydrogen-bond acceptors (Lipinski definition) is 10. The Morgan fingerprint density at radius 3 is 0.773 bits per heavy atom. The first-order chi connectivity index (χ1) is 42.1. The average molecular weight is 1180 g/mol. The second-order valence-electron chi connectivity index (χ2n) is 24.3. The number of rotatable bonds is 20. The quantitative estimate of drug-likeness (QED) is 0.0409. The molecule has 14 heteroatoms. The van der Waals surface area contributed by atoms with Crippen LogP contribution in [-0.4, -0.2) is 93.3 Å². The van der Waals surface area contributed by atoms with Crippen molar-refractivity contribution in [3.63, 3.8) is 0 Å². The second-order valence-corrected chi connectivity index (χ2v) is 24.3. The number of nitrogens with zero attached hydrogens (tertiary/aromatic N) is 4. The molecule has 2 heterocycles. The molecule has 14 nitrogen and oxygen atoms in total. The van der Waals surface area contributed by atoms with Crippen LogP contribution in [0.4, 0.5) is 0 Å². The van der Waals surface area contributed by atoms with Crippen LogP contribution in [0, 0.1) is 0 Å². The summed E-state index contributed by atoms with van der Waals surface area (Å²) in [6.45, 7) is 28.6. The number of fused-ring (bicyclic) bond motifs is 2. The van der Waals surface area contributed by atoms with Crippen LogP contribution in [0.3, 0.4) is 0 Å². The lowest BCUT2D eigenvalue weighted by Gasteiger charge is -2.36. The van der Waals surface area contributed by atoms with E-state index in [0.717, 1.165) is 32.1 Å². The highest BCUT2D eigenvalue weighted by atomic mass is 16.5. The van der Waals surface area contributed by atoms with Crippen LogP contribution in [0.2, 0.25) is 0 Å². The van der Waals surface area contributed by atoms with E-state index in [1.165, 1.54) is 0 Å². The third kappa shape index (κ3) is 10.3. The summed E-state index contributed by atoms with van der Waals surface area (Å²) in [6, 6.07) is 34.8. The lowest BCUT2D eigenvalue weighted by atomic mass is 9.80. The van der Waals surface area contributed by atoms with Crippen molar-refractivity contribution < 1.29 is 47.7 Å². The Morgan fingerprint density at radius 1 is 0.341 bits per heavy atom. The van der Waals surface area contributed by atoms with Gasteiger partial charge in [-0.1, -0.05) is 104 Å². The van der Waals surface area contributed by atoms with Crippen LogP contribution in [0.5, 0.6) is 46.0 Å². The van der Waals surface area contributed by atoms with Crippen molar-refractivity contribution in [2.24, 2.45) is 0 Å². The molecule has 0 spiro atoms. The van der Waals surface area contributed by atoms with Crippen LogP contribution in [-0.2, 0) is 9.59 Å². The second kappa shape index (κ2) is 23.8. The number of carbonyl (C=O) groups excluding carboxylic acids is 6. The fraction of sp³-hybridized carbons (Fsp3) is 0.324. The topological polar surface area (TPSA) is 152 Å². The molecule has 0 saturated heterocycles. The maximum absolute atomic E-state index is 15.9. The Morgan fingerprint density at radius 2 is 0.568 bits per heavy atom. The Labute approximate surface area is 514 Å².